The highest BCUT2D eigenvalue weighted by molar-refractivity contribution is 5.08. The van der Waals surface area contributed by atoms with E-state index in [1.807, 2.05) is 0 Å². The Bertz CT molecular complexity index is 380. The molecule has 0 saturated heterocycles. The molecule has 2 saturated carbocycles. The van der Waals surface area contributed by atoms with Crippen LogP contribution in [0.1, 0.15) is 50.5 Å². The third kappa shape index (κ3) is 3.36. The first kappa shape index (κ1) is 12.2. The molecule has 2 aliphatic rings. The molecule has 3 rings (SSSR count). The molecule has 3 nitrogen and oxygen atoms in total. The van der Waals surface area contributed by atoms with Crippen molar-refractivity contribution in [2.75, 3.05) is 6.54 Å². The summed E-state index contributed by atoms with van der Waals surface area (Å²) in [5.74, 6) is 2.21. The highest BCUT2D eigenvalue weighted by atomic mass is 16.3. The van der Waals surface area contributed by atoms with Gasteiger partial charge in [-0.05, 0) is 50.8 Å². The summed E-state index contributed by atoms with van der Waals surface area (Å²) in [6.07, 6.45) is 6.64. The zero-order valence-corrected chi connectivity index (χ0v) is 11.3. The standard InChI is InChI=1S/C15H24N2O/c1-2-9-17(13-5-6-13)11-15-8-7-14(18-15)10-16-12-3-4-12/h7-8,12-13,16H,2-6,9-11H2,1H3. The molecule has 3 heteroatoms. The third-order valence-electron chi connectivity index (χ3n) is 3.79. The van der Waals surface area contributed by atoms with Gasteiger partial charge in [0.05, 0.1) is 13.1 Å². The quantitative estimate of drug-likeness (QED) is 0.767. The number of hydrogen-bond donors (Lipinski definition) is 1. The molecule has 2 fully saturated rings. The van der Waals surface area contributed by atoms with E-state index < -0.39 is 0 Å². The Labute approximate surface area is 110 Å². The first-order valence-corrected chi connectivity index (χ1v) is 7.40. The van der Waals surface area contributed by atoms with Gasteiger partial charge in [0.1, 0.15) is 11.5 Å². The van der Waals surface area contributed by atoms with Gasteiger partial charge in [-0.2, -0.15) is 0 Å². The molecule has 18 heavy (non-hydrogen) atoms. The van der Waals surface area contributed by atoms with Gasteiger partial charge in [-0.3, -0.25) is 4.90 Å². The van der Waals surface area contributed by atoms with E-state index in [1.54, 1.807) is 0 Å². The molecule has 0 aliphatic heterocycles. The molecule has 1 aromatic heterocycles. The lowest BCUT2D eigenvalue weighted by atomic mass is 10.3. The normalized spacial score (nSPS) is 19.7. The van der Waals surface area contributed by atoms with Crippen molar-refractivity contribution >= 4 is 0 Å². The van der Waals surface area contributed by atoms with Crippen LogP contribution in [-0.4, -0.2) is 23.5 Å². The Hall–Kier alpha value is -0.800. The fraction of sp³-hybridized carbons (Fsp3) is 0.733. The Morgan fingerprint density at radius 3 is 2.67 bits per heavy atom. The van der Waals surface area contributed by atoms with Crippen molar-refractivity contribution in [3.05, 3.63) is 23.7 Å². The lowest BCUT2D eigenvalue weighted by Crippen LogP contribution is -2.26. The molecule has 1 N–H and O–H groups in total. The Morgan fingerprint density at radius 1 is 1.22 bits per heavy atom. The van der Waals surface area contributed by atoms with E-state index in [2.05, 4.69) is 29.3 Å². The van der Waals surface area contributed by atoms with E-state index in [4.69, 9.17) is 4.42 Å². The Balaban J connectivity index is 1.50. The highest BCUT2D eigenvalue weighted by Gasteiger charge is 2.28. The maximum absolute atomic E-state index is 5.91. The van der Waals surface area contributed by atoms with Crippen molar-refractivity contribution in [3.63, 3.8) is 0 Å². The molecular formula is C15H24N2O. The summed E-state index contributed by atoms with van der Waals surface area (Å²) in [7, 11) is 0. The van der Waals surface area contributed by atoms with Crippen molar-refractivity contribution < 1.29 is 4.42 Å². The second kappa shape index (κ2) is 5.45. The number of nitrogens with one attached hydrogen (secondary N) is 1. The molecule has 0 bridgehead atoms. The van der Waals surface area contributed by atoms with Crippen molar-refractivity contribution in [1.82, 2.24) is 10.2 Å². The van der Waals surface area contributed by atoms with Gasteiger partial charge in [-0.1, -0.05) is 6.92 Å². The maximum Gasteiger partial charge on any atom is 0.118 e. The topological polar surface area (TPSA) is 28.4 Å². The predicted molar refractivity (Wildman–Crippen MR) is 72.3 cm³/mol. The molecule has 1 aromatic rings. The van der Waals surface area contributed by atoms with Crippen LogP contribution in [0.2, 0.25) is 0 Å². The van der Waals surface area contributed by atoms with Crippen LogP contribution >= 0.6 is 0 Å². The zero-order valence-electron chi connectivity index (χ0n) is 11.3. The molecule has 0 amide bonds. The van der Waals surface area contributed by atoms with Gasteiger partial charge < -0.3 is 9.73 Å². The molecule has 100 valence electrons. The maximum atomic E-state index is 5.91. The van der Waals surface area contributed by atoms with Crippen LogP contribution in [0.15, 0.2) is 16.5 Å². The SMILES string of the molecule is CCCN(Cc1ccc(CNC2CC2)o1)C1CC1. The van der Waals surface area contributed by atoms with Crippen LogP contribution in [-0.2, 0) is 13.1 Å². The lowest BCUT2D eigenvalue weighted by molar-refractivity contribution is 0.231. The summed E-state index contributed by atoms with van der Waals surface area (Å²) >= 11 is 0. The van der Waals surface area contributed by atoms with E-state index in [9.17, 15) is 0 Å². The minimum absolute atomic E-state index is 0.751. The predicted octanol–water partition coefficient (Wildman–Crippen LogP) is 2.91. The van der Waals surface area contributed by atoms with Crippen LogP contribution in [0, 0.1) is 0 Å². The third-order valence-corrected chi connectivity index (χ3v) is 3.79. The summed E-state index contributed by atoms with van der Waals surface area (Å²) in [5, 5.41) is 3.49. The van der Waals surface area contributed by atoms with Crippen molar-refractivity contribution in [2.45, 2.75) is 64.2 Å². The van der Waals surface area contributed by atoms with Crippen molar-refractivity contribution in [2.24, 2.45) is 0 Å². The van der Waals surface area contributed by atoms with Gasteiger partial charge in [-0.15, -0.1) is 0 Å². The molecule has 0 radical (unpaired) electrons. The molecular weight excluding hydrogens is 224 g/mol. The van der Waals surface area contributed by atoms with Gasteiger partial charge in [0, 0.05) is 12.1 Å². The van der Waals surface area contributed by atoms with Gasteiger partial charge in [-0.25, -0.2) is 0 Å². The van der Waals surface area contributed by atoms with Crippen LogP contribution in [0.4, 0.5) is 0 Å². The fourth-order valence-corrected chi connectivity index (χ4v) is 2.45. The van der Waals surface area contributed by atoms with Gasteiger partial charge >= 0.3 is 0 Å². The van der Waals surface area contributed by atoms with E-state index in [-0.39, 0.29) is 0 Å². The molecule has 0 aromatic carbocycles. The number of nitrogens with zero attached hydrogens (tertiary/aromatic N) is 1. The van der Waals surface area contributed by atoms with Gasteiger partial charge in [0.15, 0.2) is 0 Å². The summed E-state index contributed by atoms with van der Waals surface area (Å²) in [6.45, 7) is 5.33. The summed E-state index contributed by atoms with van der Waals surface area (Å²) in [4.78, 5) is 2.57. The smallest absolute Gasteiger partial charge is 0.118 e. The zero-order chi connectivity index (χ0) is 12.4. The Kier molecular flexibility index (Phi) is 3.71. The monoisotopic (exact) mass is 248 g/mol. The van der Waals surface area contributed by atoms with Crippen molar-refractivity contribution in [3.8, 4) is 0 Å². The lowest BCUT2D eigenvalue weighted by Gasteiger charge is -2.19. The second-order valence-corrected chi connectivity index (χ2v) is 5.72. The molecule has 1 heterocycles. The van der Waals surface area contributed by atoms with Crippen LogP contribution in [0.5, 0.6) is 0 Å². The van der Waals surface area contributed by atoms with Gasteiger partial charge in [0.2, 0.25) is 0 Å². The summed E-state index contributed by atoms with van der Waals surface area (Å²) < 4.78 is 5.91. The van der Waals surface area contributed by atoms with Crippen LogP contribution < -0.4 is 5.32 Å². The highest BCUT2D eigenvalue weighted by Crippen LogP contribution is 2.28. The van der Waals surface area contributed by atoms with E-state index >= 15 is 0 Å². The summed E-state index contributed by atoms with van der Waals surface area (Å²) in [6, 6.07) is 5.85. The number of rotatable bonds is 8. The number of furan rings is 1. The van der Waals surface area contributed by atoms with Gasteiger partial charge in [0.25, 0.3) is 0 Å². The molecule has 0 atom stereocenters. The average molecular weight is 248 g/mol. The van der Waals surface area contributed by atoms with E-state index in [1.165, 1.54) is 38.6 Å². The van der Waals surface area contributed by atoms with Crippen LogP contribution in [0.25, 0.3) is 0 Å². The van der Waals surface area contributed by atoms with Crippen molar-refractivity contribution in [1.29, 1.82) is 0 Å². The van der Waals surface area contributed by atoms with E-state index in [0.717, 1.165) is 36.7 Å². The largest absolute Gasteiger partial charge is 0.463 e. The van der Waals surface area contributed by atoms with Crippen LogP contribution in [0.3, 0.4) is 0 Å². The first-order chi connectivity index (χ1) is 8.85. The first-order valence-electron chi connectivity index (χ1n) is 7.40. The second-order valence-electron chi connectivity index (χ2n) is 5.72. The van der Waals surface area contributed by atoms with E-state index in [0.29, 0.717) is 0 Å². The number of hydrogen-bond acceptors (Lipinski definition) is 3. The molecule has 0 unspecified atom stereocenters. The molecule has 2 aliphatic carbocycles. The minimum Gasteiger partial charge on any atom is -0.463 e. The Morgan fingerprint density at radius 2 is 2.00 bits per heavy atom. The fourth-order valence-electron chi connectivity index (χ4n) is 2.45. The summed E-state index contributed by atoms with van der Waals surface area (Å²) in [5.41, 5.74) is 0. The minimum atomic E-state index is 0.751. The molecule has 0 spiro atoms. The average Bonchev–Trinajstić information content (AvgIpc) is 3.27.